The molecule has 1 aliphatic rings. The van der Waals surface area contributed by atoms with Gasteiger partial charge < -0.3 is 4.90 Å². The summed E-state index contributed by atoms with van der Waals surface area (Å²) >= 11 is 5.74. The lowest BCUT2D eigenvalue weighted by molar-refractivity contribution is -0.127. The van der Waals surface area contributed by atoms with Crippen LogP contribution in [0.4, 0.5) is 0 Å². The third kappa shape index (κ3) is 2.52. The molecule has 1 aliphatic heterocycles. The van der Waals surface area contributed by atoms with E-state index in [2.05, 4.69) is 0 Å². The first-order valence-corrected chi connectivity index (χ1v) is 7.58. The Balaban J connectivity index is 2.22. The molecule has 0 aliphatic carbocycles. The summed E-state index contributed by atoms with van der Waals surface area (Å²) < 4.78 is 24.7. The molecule has 18 heavy (non-hydrogen) atoms. The van der Waals surface area contributed by atoms with Crippen LogP contribution in [0.5, 0.6) is 0 Å². The van der Waals surface area contributed by atoms with Gasteiger partial charge in [0, 0.05) is 25.0 Å². The van der Waals surface area contributed by atoms with E-state index in [-0.39, 0.29) is 17.3 Å². The van der Waals surface area contributed by atoms with E-state index in [4.69, 9.17) is 11.6 Å². The maximum absolute atomic E-state index is 12.3. The number of likely N-dealkylation sites (tertiary alicyclic amines) is 1. The number of rotatable bonds is 2. The molecule has 0 N–H and O–H groups in total. The topological polar surface area (TPSA) is 54.5 Å². The molecule has 0 bridgehead atoms. The van der Waals surface area contributed by atoms with Crippen LogP contribution < -0.4 is 0 Å². The summed E-state index contributed by atoms with van der Waals surface area (Å²) in [5.74, 6) is -0.0798. The van der Waals surface area contributed by atoms with E-state index in [9.17, 15) is 13.2 Å². The van der Waals surface area contributed by atoms with E-state index in [1.54, 1.807) is 17.0 Å². The van der Waals surface area contributed by atoms with E-state index in [1.807, 2.05) is 0 Å². The number of carbonyl (C=O) groups excluding carboxylic acids is 1. The van der Waals surface area contributed by atoms with Gasteiger partial charge in [0.2, 0.25) is 5.91 Å². The Kier molecular flexibility index (Phi) is 3.64. The molecule has 0 saturated carbocycles. The van der Waals surface area contributed by atoms with Crippen molar-refractivity contribution in [1.29, 1.82) is 0 Å². The Morgan fingerprint density at radius 1 is 1.33 bits per heavy atom. The van der Waals surface area contributed by atoms with Crippen LogP contribution >= 0.6 is 11.6 Å². The molecule has 1 aromatic carbocycles. The number of sulfone groups is 1. The molecule has 98 valence electrons. The molecule has 1 heterocycles. The van der Waals surface area contributed by atoms with Crippen LogP contribution in [0.15, 0.2) is 29.2 Å². The van der Waals surface area contributed by atoms with Crippen LogP contribution in [0.3, 0.4) is 0 Å². The number of nitrogens with zero attached hydrogens (tertiary/aromatic N) is 1. The van der Waals surface area contributed by atoms with Crippen molar-refractivity contribution in [3.63, 3.8) is 0 Å². The standard InChI is InChI=1S/C12H14ClNO3S/c1-9(15)14-7-6-12(8-14)18(16,17)11-4-2-10(13)3-5-11/h2-5,12H,6-8H2,1H3. The highest BCUT2D eigenvalue weighted by Gasteiger charge is 2.35. The molecule has 6 heteroatoms. The summed E-state index contributed by atoms with van der Waals surface area (Å²) in [4.78, 5) is 13.0. The lowest BCUT2D eigenvalue weighted by Gasteiger charge is -2.14. The van der Waals surface area contributed by atoms with Crippen LogP contribution in [-0.2, 0) is 14.6 Å². The predicted molar refractivity (Wildman–Crippen MR) is 69.3 cm³/mol. The number of halogens is 1. The second kappa shape index (κ2) is 4.90. The molecule has 1 unspecified atom stereocenters. The lowest BCUT2D eigenvalue weighted by atomic mass is 10.4. The Bertz CT molecular complexity index is 553. The van der Waals surface area contributed by atoms with Crippen molar-refractivity contribution in [1.82, 2.24) is 4.90 Å². The van der Waals surface area contributed by atoms with Crippen LogP contribution in [0, 0.1) is 0 Å². The van der Waals surface area contributed by atoms with Crippen molar-refractivity contribution >= 4 is 27.3 Å². The zero-order chi connectivity index (χ0) is 13.3. The van der Waals surface area contributed by atoms with Crippen molar-refractivity contribution < 1.29 is 13.2 Å². The Labute approximate surface area is 111 Å². The van der Waals surface area contributed by atoms with Crippen molar-refractivity contribution in [3.8, 4) is 0 Å². The maximum atomic E-state index is 12.3. The van der Waals surface area contributed by atoms with Gasteiger partial charge >= 0.3 is 0 Å². The van der Waals surface area contributed by atoms with Gasteiger partial charge in [-0.2, -0.15) is 0 Å². The first-order chi connectivity index (χ1) is 8.41. The molecule has 1 atom stereocenters. The Morgan fingerprint density at radius 3 is 2.44 bits per heavy atom. The number of carbonyl (C=O) groups is 1. The van der Waals surface area contributed by atoms with Crippen molar-refractivity contribution in [2.45, 2.75) is 23.5 Å². The normalized spacial score (nSPS) is 20.1. The molecular weight excluding hydrogens is 274 g/mol. The first-order valence-electron chi connectivity index (χ1n) is 5.66. The SMILES string of the molecule is CC(=O)N1CCC(S(=O)(=O)c2ccc(Cl)cc2)C1. The first kappa shape index (κ1) is 13.4. The lowest BCUT2D eigenvalue weighted by Crippen LogP contribution is -2.30. The molecule has 1 saturated heterocycles. The van der Waals surface area contributed by atoms with Gasteiger partial charge in [0.25, 0.3) is 0 Å². The summed E-state index contributed by atoms with van der Waals surface area (Å²) in [6, 6.07) is 6.14. The van der Waals surface area contributed by atoms with Gasteiger partial charge in [0.1, 0.15) is 0 Å². The zero-order valence-electron chi connectivity index (χ0n) is 9.97. The molecule has 4 nitrogen and oxygen atoms in total. The minimum Gasteiger partial charge on any atom is -0.342 e. The maximum Gasteiger partial charge on any atom is 0.219 e. The quantitative estimate of drug-likeness (QED) is 0.832. The fourth-order valence-electron chi connectivity index (χ4n) is 2.08. The summed E-state index contributed by atoms with van der Waals surface area (Å²) in [6.07, 6.45) is 0.491. The molecule has 0 aromatic heterocycles. The molecule has 1 amide bonds. The third-order valence-corrected chi connectivity index (χ3v) is 5.61. The highest BCUT2D eigenvalue weighted by atomic mass is 35.5. The van der Waals surface area contributed by atoms with Gasteiger partial charge in [-0.05, 0) is 30.7 Å². The molecule has 1 fully saturated rings. The van der Waals surface area contributed by atoms with Crippen LogP contribution in [0.1, 0.15) is 13.3 Å². The molecule has 2 rings (SSSR count). The van der Waals surface area contributed by atoms with Crippen LogP contribution in [0.25, 0.3) is 0 Å². The zero-order valence-corrected chi connectivity index (χ0v) is 11.5. The number of hydrogen-bond donors (Lipinski definition) is 0. The highest BCUT2D eigenvalue weighted by molar-refractivity contribution is 7.92. The van der Waals surface area contributed by atoms with Gasteiger partial charge in [0.05, 0.1) is 10.1 Å². The summed E-state index contributed by atoms with van der Waals surface area (Å²) in [7, 11) is -3.37. The minimum absolute atomic E-state index is 0.0798. The predicted octanol–water partition coefficient (Wildman–Crippen LogP) is 1.73. The van der Waals surface area contributed by atoms with E-state index in [0.29, 0.717) is 18.0 Å². The number of benzene rings is 1. The van der Waals surface area contributed by atoms with Gasteiger partial charge in [-0.15, -0.1) is 0 Å². The van der Waals surface area contributed by atoms with Crippen molar-refractivity contribution in [2.75, 3.05) is 13.1 Å². The Hall–Kier alpha value is -1.07. The van der Waals surface area contributed by atoms with Gasteiger partial charge in [0.15, 0.2) is 9.84 Å². The number of amides is 1. The van der Waals surface area contributed by atoms with E-state index < -0.39 is 15.1 Å². The fourth-order valence-corrected chi connectivity index (χ4v) is 3.90. The average molecular weight is 288 g/mol. The van der Waals surface area contributed by atoms with Gasteiger partial charge in [-0.1, -0.05) is 11.6 Å². The minimum atomic E-state index is -3.37. The smallest absolute Gasteiger partial charge is 0.219 e. The summed E-state index contributed by atoms with van der Waals surface area (Å²) in [6.45, 7) is 2.24. The molecular formula is C12H14ClNO3S. The molecule has 0 radical (unpaired) electrons. The fraction of sp³-hybridized carbons (Fsp3) is 0.417. The number of hydrogen-bond acceptors (Lipinski definition) is 3. The van der Waals surface area contributed by atoms with Gasteiger partial charge in [-0.3, -0.25) is 4.79 Å². The van der Waals surface area contributed by atoms with Gasteiger partial charge in [-0.25, -0.2) is 8.42 Å². The summed E-state index contributed by atoms with van der Waals surface area (Å²) in [5, 5.41) is -0.00619. The summed E-state index contributed by atoms with van der Waals surface area (Å²) in [5.41, 5.74) is 0. The molecule has 0 spiro atoms. The molecule has 1 aromatic rings. The van der Waals surface area contributed by atoms with Crippen molar-refractivity contribution in [2.24, 2.45) is 0 Å². The second-order valence-electron chi connectivity index (χ2n) is 4.37. The highest BCUT2D eigenvalue weighted by Crippen LogP contribution is 2.24. The Morgan fingerprint density at radius 2 is 1.94 bits per heavy atom. The van der Waals surface area contributed by atoms with Crippen LogP contribution in [-0.4, -0.2) is 37.6 Å². The largest absolute Gasteiger partial charge is 0.342 e. The monoisotopic (exact) mass is 287 g/mol. The van der Waals surface area contributed by atoms with Crippen LogP contribution in [0.2, 0.25) is 5.02 Å². The second-order valence-corrected chi connectivity index (χ2v) is 7.04. The van der Waals surface area contributed by atoms with Crippen molar-refractivity contribution in [3.05, 3.63) is 29.3 Å². The third-order valence-electron chi connectivity index (χ3n) is 3.17. The van der Waals surface area contributed by atoms with E-state index in [1.165, 1.54) is 19.1 Å². The average Bonchev–Trinajstić information content (AvgIpc) is 2.79. The van der Waals surface area contributed by atoms with E-state index >= 15 is 0 Å². The van der Waals surface area contributed by atoms with E-state index in [0.717, 1.165) is 0 Å².